The summed E-state index contributed by atoms with van der Waals surface area (Å²) in [6.07, 6.45) is 0. The number of nitrogens with zero attached hydrogens (tertiary/aromatic N) is 3. The number of aromatic nitrogens is 3. The van der Waals surface area contributed by atoms with Crippen LogP contribution in [0.15, 0.2) is 182 Å². The molecule has 0 spiro atoms. The van der Waals surface area contributed by atoms with E-state index >= 15 is 0 Å². The van der Waals surface area contributed by atoms with Crippen LogP contribution in [0.1, 0.15) is 0 Å². The van der Waals surface area contributed by atoms with Gasteiger partial charge >= 0.3 is 0 Å². The second-order valence-corrected chi connectivity index (χ2v) is 13.8. The van der Waals surface area contributed by atoms with Crippen LogP contribution in [0.5, 0.6) is 0 Å². The molecule has 3 heterocycles. The summed E-state index contributed by atoms with van der Waals surface area (Å²) in [5.41, 5.74) is 14.5. The maximum absolute atomic E-state index is 2.50. The summed E-state index contributed by atoms with van der Waals surface area (Å²) in [5, 5.41) is 7.56. The van der Waals surface area contributed by atoms with E-state index in [1.54, 1.807) is 0 Å². The highest BCUT2D eigenvalue weighted by atomic mass is 15.0. The predicted octanol–water partition coefficient (Wildman–Crippen LogP) is 12.9. The molecule has 0 saturated heterocycles. The van der Waals surface area contributed by atoms with E-state index in [1.165, 1.54) is 93.4 Å². The summed E-state index contributed by atoms with van der Waals surface area (Å²) in [5.74, 6) is 0. The van der Waals surface area contributed by atoms with Gasteiger partial charge in [0.25, 0.3) is 0 Å². The van der Waals surface area contributed by atoms with E-state index in [9.17, 15) is 0 Å². The van der Waals surface area contributed by atoms with E-state index < -0.39 is 0 Å². The van der Waals surface area contributed by atoms with Crippen molar-refractivity contribution in [3.05, 3.63) is 182 Å². The normalized spacial score (nSPS) is 11.9. The quantitative estimate of drug-likeness (QED) is 0.178. The molecule has 0 fully saturated rings. The Balaban J connectivity index is 1.17. The van der Waals surface area contributed by atoms with Gasteiger partial charge in [0.05, 0.1) is 27.8 Å². The molecule has 0 aliphatic heterocycles. The Morgan fingerprint density at radius 1 is 0.308 bits per heavy atom. The number of hydrogen-bond donors (Lipinski definition) is 0. The standard InChI is InChI=1S/C49H33N3/c1-50-42-23-8-5-20-37(42)40-31-48-41(30-47(40)50)38-21-6-9-24-43(38)52(48)46-27-13-26-45-49(46)39-22-7-10-25-44(39)51(45)36-19-12-18-35(29-36)34-17-11-16-33(28-34)32-14-3-2-4-15-32/h2-31H,1H3. The zero-order chi connectivity index (χ0) is 34.3. The molecule has 11 aromatic rings. The molecule has 3 aromatic heterocycles. The van der Waals surface area contributed by atoms with Crippen LogP contribution in [-0.2, 0) is 7.05 Å². The van der Waals surface area contributed by atoms with Crippen molar-refractivity contribution in [1.29, 1.82) is 0 Å². The van der Waals surface area contributed by atoms with Gasteiger partial charge in [-0.1, -0.05) is 121 Å². The van der Waals surface area contributed by atoms with E-state index in [-0.39, 0.29) is 0 Å². The molecule has 244 valence electrons. The lowest BCUT2D eigenvalue weighted by Gasteiger charge is -2.13. The average Bonchev–Trinajstić information content (AvgIpc) is 3.83. The monoisotopic (exact) mass is 663 g/mol. The van der Waals surface area contributed by atoms with E-state index in [4.69, 9.17) is 0 Å². The van der Waals surface area contributed by atoms with Crippen molar-refractivity contribution in [2.75, 3.05) is 0 Å². The van der Waals surface area contributed by atoms with Crippen LogP contribution in [0.25, 0.3) is 99.0 Å². The SMILES string of the molecule is Cn1c2ccccc2c2cc3c(cc21)c1ccccc1n3-c1cccc2c1c1ccccc1n2-c1cccc(-c2cccc(-c3ccccc3)c2)c1. The van der Waals surface area contributed by atoms with Crippen LogP contribution < -0.4 is 0 Å². The van der Waals surface area contributed by atoms with Crippen LogP contribution in [0.2, 0.25) is 0 Å². The number of benzene rings is 8. The lowest BCUT2D eigenvalue weighted by molar-refractivity contribution is 1.02. The van der Waals surface area contributed by atoms with Gasteiger partial charge in [-0.05, 0) is 82.9 Å². The molecule has 3 heteroatoms. The number of aryl methyl sites for hydroxylation is 1. The minimum Gasteiger partial charge on any atom is -0.344 e. The van der Waals surface area contributed by atoms with Crippen molar-refractivity contribution < 1.29 is 0 Å². The van der Waals surface area contributed by atoms with Crippen LogP contribution in [0.3, 0.4) is 0 Å². The fourth-order valence-corrected chi connectivity index (χ4v) is 8.68. The summed E-state index contributed by atoms with van der Waals surface area (Å²) < 4.78 is 7.27. The zero-order valence-corrected chi connectivity index (χ0v) is 28.7. The van der Waals surface area contributed by atoms with Crippen molar-refractivity contribution in [1.82, 2.24) is 13.7 Å². The van der Waals surface area contributed by atoms with E-state index in [0.717, 1.165) is 5.69 Å². The Hall–Kier alpha value is -6.84. The number of rotatable bonds is 4. The molecular weight excluding hydrogens is 631 g/mol. The lowest BCUT2D eigenvalue weighted by atomic mass is 9.99. The van der Waals surface area contributed by atoms with E-state index in [0.29, 0.717) is 0 Å². The van der Waals surface area contributed by atoms with Crippen molar-refractivity contribution in [2.24, 2.45) is 7.05 Å². The third kappa shape index (κ3) is 4.14. The zero-order valence-electron chi connectivity index (χ0n) is 28.7. The molecule has 52 heavy (non-hydrogen) atoms. The fourth-order valence-electron chi connectivity index (χ4n) is 8.68. The third-order valence-electron chi connectivity index (χ3n) is 11.0. The second-order valence-electron chi connectivity index (χ2n) is 13.8. The van der Waals surface area contributed by atoms with Gasteiger partial charge in [-0.2, -0.15) is 0 Å². The largest absolute Gasteiger partial charge is 0.344 e. The van der Waals surface area contributed by atoms with Gasteiger partial charge in [-0.25, -0.2) is 0 Å². The minimum absolute atomic E-state index is 1.14. The molecule has 0 N–H and O–H groups in total. The Bertz CT molecular complexity index is 3190. The van der Waals surface area contributed by atoms with Crippen LogP contribution in [0, 0.1) is 0 Å². The molecule has 11 rings (SSSR count). The lowest BCUT2D eigenvalue weighted by Crippen LogP contribution is -1.97. The third-order valence-corrected chi connectivity index (χ3v) is 11.0. The molecule has 0 saturated carbocycles. The number of fused-ring (bicyclic) bond motifs is 9. The number of hydrogen-bond acceptors (Lipinski definition) is 0. The summed E-state index contributed by atoms with van der Waals surface area (Å²) in [6.45, 7) is 0. The highest BCUT2D eigenvalue weighted by Crippen LogP contribution is 2.42. The molecule has 8 aromatic carbocycles. The smallest absolute Gasteiger partial charge is 0.0562 e. The maximum Gasteiger partial charge on any atom is 0.0562 e. The molecule has 0 aliphatic rings. The van der Waals surface area contributed by atoms with E-state index in [1.807, 2.05) is 0 Å². The van der Waals surface area contributed by atoms with Gasteiger partial charge in [-0.15, -0.1) is 0 Å². The van der Waals surface area contributed by atoms with Crippen molar-refractivity contribution in [3.8, 4) is 33.6 Å². The summed E-state index contributed by atoms with van der Waals surface area (Å²) in [6, 6.07) is 66.5. The topological polar surface area (TPSA) is 14.8 Å². The molecule has 0 unspecified atom stereocenters. The first-order chi connectivity index (χ1) is 25.7. The van der Waals surface area contributed by atoms with Gasteiger partial charge in [0, 0.05) is 56.1 Å². The Morgan fingerprint density at radius 3 is 1.62 bits per heavy atom. The minimum atomic E-state index is 1.14. The highest BCUT2D eigenvalue weighted by molar-refractivity contribution is 6.20. The van der Waals surface area contributed by atoms with Crippen molar-refractivity contribution in [2.45, 2.75) is 0 Å². The predicted molar refractivity (Wildman–Crippen MR) is 220 cm³/mol. The summed E-state index contributed by atoms with van der Waals surface area (Å²) in [7, 11) is 2.18. The van der Waals surface area contributed by atoms with Gasteiger partial charge in [0.2, 0.25) is 0 Å². The first kappa shape index (κ1) is 28.9. The average molecular weight is 664 g/mol. The molecule has 0 radical (unpaired) electrons. The summed E-state index contributed by atoms with van der Waals surface area (Å²) in [4.78, 5) is 0. The number of para-hydroxylation sites is 3. The fraction of sp³-hybridized carbons (Fsp3) is 0.0204. The van der Waals surface area contributed by atoms with Gasteiger partial charge < -0.3 is 13.7 Å². The van der Waals surface area contributed by atoms with Crippen LogP contribution >= 0.6 is 0 Å². The molecule has 0 aliphatic carbocycles. The van der Waals surface area contributed by atoms with Crippen LogP contribution in [-0.4, -0.2) is 13.7 Å². The second kappa shape index (κ2) is 11.1. The van der Waals surface area contributed by atoms with Gasteiger partial charge in [-0.3, -0.25) is 0 Å². The maximum atomic E-state index is 2.50. The van der Waals surface area contributed by atoms with Gasteiger partial charge in [0.15, 0.2) is 0 Å². The molecule has 0 atom stereocenters. The molecular formula is C49H33N3. The Morgan fingerprint density at radius 2 is 0.827 bits per heavy atom. The van der Waals surface area contributed by atoms with Crippen molar-refractivity contribution in [3.63, 3.8) is 0 Å². The summed E-state index contributed by atoms with van der Waals surface area (Å²) >= 11 is 0. The van der Waals surface area contributed by atoms with Crippen molar-refractivity contribution >= 4 is 65.4 Å². The Labute approximate surface area is 300 Å². The first-order valence-corrected chi connectivity index (χ1v) is 17.9. The van der Waals surface area contributed by atoms with Gasteiger partial charge in [0.1, 0.15) is 0 Å². The van der Waals surface area contributed by atoms with E-state index in [2.05, 4.69) is 203 Å². The molecule has 3 nitrogen and oxygen atoms in total. The highest BCUT2D eigenvalue weighted by Gasteiger charge is 2.21. The first-order valence-electron chi connectivity index (χ1n) is 17.9. The Kier molecular flexibility index (Phi) is 6.17. The van der Waals surface area contributed by atoms with Crippen LogP contribution in [0.4, 0.5) is 0 Å². The molecule has 0 bridgehead atoms. The molecule has 0 amide bonds.